The Morgan fingerprint density at radius 3 is 2.60 bits per heavy atom. The van der Waals surface area contributed by atoms with Gasteiger partial charge in [0.15, 0.2) is 0 Å². The van der Waals surface area contributed by atoms with Crippen molar-refractivity contribution < 1.29 is 19.0 Å². The summed E-state index contributed by atoms with van der Waals surface area (Å²) in [6.07, 6.45) is -0.349. The number of amides is 1. The molecule has 25 heavy (non-hydrogen) atoms. The van der Waals surface area contributed by atoms with Gasteiger partial charge in [0.2, 0.25) is 0 Å². The van der Waals surface area contributed by atoms with Crippen molar-refractivity contribution >= 4 is 11.6 Å². The molecule has 1 aliphatic heterocycles. The summed E-state index contributed by atoms with van der Waals surface area (Å²) in [5.41, 5.74) is 2.33. The third-order valence-corrected chi connectivity index (χ3v) is 4.29. The molecule has 3 rings (SSSR count). The van der Waals surface area contributed by atoms with Gasteiger partial charge in [-0.05, 0) is 24.3 Å². The van der Waals surface area contributed by atoms with Gasteiger partial charge in [-0.3, -0.25) is 4.79 Å². The van der Waals surface area contributed by atoms with Crippen LogP contribution in [0.25, 0.3) is 0 Å². The Balaban J connectivity index is 2.04. The summed E-state index contributed by atoms with van der Waals surface area (Å²) in [4.78, 5) is 14.8. The van der Waals surface area contributed by atoms with Gasteiger partial charge in [0, 0.05) is 31.0 Å². The first kappa shape index (κ1) is 17.1. The molecular weight excluding hydrogens is 320 g/mol. The second kappa shape index (κ2) is 7.44. The van der Waals surface area contributed by atoms with Crippen molar-refractivity contribution in [2.24, 2.45) is 0 Å². The van der Waals surface area contributed by atoms with Gasteiger partial charge in [0.25, 0.3) is 5.91 Å². The van der Waals surface area contributed by atoms with Gasteiger partial charge in [-0.15, -0.1) is 0 Å². The summed E-state index contributed by atoms with van der Waals surface area (Å²) in [7, 11) is 4.84. The lowest BCUT2D eigenvalue weighted by atomic mass is 10.0. The molecule has 2 aromatic rings. The van der Waals surface area contributed by atoms with E-state index >= 15 is 0 Å². The van der Waals surface area contributed by atoms with Crippen molar-refractivity contribution in [3.05, 3.63) is 53.6 Å². The molecule has 0 aliphatic carbocycles. The molecular formula is C19H22N2O4. The maximum Gasteiger partial charge on any atom is 0.257 e. The van der Waals surface area contributed by atoms with Gasteiger partial charge in [-0.1, -0.05) is 12.1 Å². The maximum atomic E-state index is 13.0. The first-order valence-corrected chi connectivity index (χ1v) is 8.07. The van der Waals surface area contributed by atoms with Gasteiger partial charge < -0.3 is 24.4 Å². The molecule has 0 bridgehead atoms. The van der Waals surface area contributed by atoms with E-state index in [1.165, 1.54) is 0 Å². The predicted molar refractivity (Wildman–Crippen MR) is 95.3 cm³/mol. The molecule has 6 heteroatoms. The highest BCUT2D eigenvalue weighted by atomic mass is 16.5. The number of hydrogen-bond acceptors (Lipinski definition) is 5. The number of carbonyl (C=O) groups is 1. The van der Waals surface area contributed by atoms with Crippen LogP contribution in [0.15, 0.2) is 42.5 Å². The number of rotatable bonds is 6. The number of benzene rings is 2. The van der Waals surface area contributed by atoms with E-state index in [-0.39, 0.29) is 12.1 Å². The predicted octanol–water partition coefficient (Wildman–Crippen LogP) is 2.92. The molecule has 1 aliphatic rings. The molecule has 0 saturated carbocycles. The highest BCUT2D eigenvalue weighted by Crippen LogP contribution is 2.37. The fraction of sp³-hybridized carbons (Fsp3) is 0.316. The fourth-order valence-electron chi connectivity index (χ4n) is 3.00. The van der Waals surface area contributed by atoms with Crippen LogP contribution in [0.1, 0.15) is 22.1 Å². The number of hydrogen-bond donors (Lipinski definition) is 1. The zero-order valence-electron chi connectivity index (χ0n) is 14.6. The zero-order chi connectivity index (χ0) is 17.8. The molecule has 0 unspecified atom stereocenters. The Labute approximate surface area is 147 Å². The second-order valence-corrected chi connectivity index (χ2v) is 5.69. The Bertz CT molecular complexity index is 763. The van der Waals surface area contributed by atoms with Gasteiger partial charge >= 0.3 is 0 Å². The Morgan fingerprint density at radius 1 is 1.08 bits per heavy atom. The summed E-state index contributed by atoms with van der Waals surface area (Å²) in [5, 5.41) is 3.44. The first-order chi connectivity index (χ1) is 12.2. The van der Waals surface area contributed by atoms with Gasteiger partial charge in [0.1, 0.15) is 17.7 Å². The van der Waals surface area contributed by atoms with Crippen LogP contribution >= 0.6 is 0 Å². The number of para-hydroxylation sites is 1. The quantitative estimate of drug-likeness (QED) is 0.875. The van der Waals surface area contributed by atoms with Crippen molar-refractivity contribution in [1.29, 1.82) is 0 Å². The number of nitrogens with one attached hydrogen (secondary N) is 1. The van der Waals surface area contributed by atoms with E-state index < -0.39 is 0 Å². The van der Waals surface area contributed by atoms with Crippen LogP contribution in [-0.4, -0.2) is 45.3 Å². The summed E-state index contributed by atoms with van der Waals surface area (Å²) >= 11 is 0. The molecule has 0 aromatic heterocycles. The number of ether oxygens (including phenoxy) is 3. The molecule has 1 N–H and O–H groups in total. The summed E-state index contributed by atoms with van der Waals surface area (Å²) < 4.78 is 16.0. The number of methoxy groups -OCH3 is 3. The number of anilines is 1. The van der Waals surface area contributed by atoms with Gasteiger partial charge in [-0.2, -0.15) is 0 Å². The standard InChI is InChI=1S/C19H22N2O4/c1-23-11-10-21-18(15-9-8-13(24-2)12-17(15)25-3)20-16-7-5-4-6-14(16)19(21)22/h4-9,12,18,20H,10-11H2,1-3H3/t18-/m1/s1. The minimum absolute atomic E-state index is 0.0331. The number of nitrogens with zero attached hydrogens (tertiary/aromatic N) is 1. The average Bonchev–Trinajstić information content (AvgIpc) is 2.66. The maximum absolute atomic E-state index is 13.0. The number of fused-ring (bicyclic) bond motifs is 1. The van der Waals surface area contributed by atoms with E-state index in [9.17, 15) is 4.79 Å². The van der Waals surface area contributed by atoms with E-state index in [1.54, 1.807) is 26.2 Å². The largest absolute Gasteiger partial charge is 0.497 e. The molecule has 6 nitrogen and oxygen atoms in total. The summed E-state index contributed by atoms with van der Waals surface area (Å²) in [5.74, 6) is 1.33. The van der Waals surface area contributed by atoms with Crippen molar-refractivity contribution in [1.82, 2.24) is 4.90 Å². The van der Waals surface area contributed by atoms with Crippen molar-refractivity contribution in [3.63, 3.8) is 0 Å². The fourth-order valence-corrected chi connectivity index (χ4v) is 3.00. The van der Waals surface area contributed by atoms with Crippen LogP contribution in [0.2, 0.25) is 0 Å². The molecule has 1 heterocycles. The van der Waals surface area contributed by atoms with Gasteiger partial charge in [-0.25, -0.2) is 0 Å². The second-order valence-electron chi connectivity index (χ2n) is 5.69. The van der Waals surface area contributed by atoms with Crippen molar-refractivity contribution in [3.8, 4) is 11.5 Å². The van der Waals surface area contributed by atoms with Crippen LogP contribution < -0.4 is 14.8 Å². The summed E-state index contributed by atoms with van der Waals surface area (Å²) in [6.45, 7) is 0.918. The van der Waals surface area contributed by atoms with Crippen molar-refractivity contribution in [2.75, 3.05) is 39.8 Å². The normalized spacial score (nSPS) is 16.2. The summed E-state index contributed by atoms with van der Waals surface area (Å²) in [6, 6.07) is 13.1. The van der Waals surface area contributed by atoms with Crippen LogP contribution in [0, 0.1) is 0 Å². The minimum Gasteiger partial charge on any atom is -0.497 e. The Kier molecular flexibility index (Phi) is 5.09. The molecule has 2 aromatic carbocycles. The average molecular weight is 342 g/mol. The third-order valence-electron chi connectivity index (χ3n) is 4.29. The van der Waals surface area contributed by atoms with E-state index in [0.29, 0.717) is 30.2 Å². The molecule has 0 fully saturated rings. The van der Waals surface area contributed by atoms with E-state index in [2.05, 4.69) is 5.32 Å². The lowest BCUT2D eigenvalue weighted by Gasteiger charge is -2.38. The first-order valence-electron chi connectivity index (χ1n) is 8.07. The lowest BCUT2D eigenvalue weighted by molar-refractivity contribution is 0.0607. The molecule has 0 spiro atoms. The third kappa shape index (κ3) is 3.25. The molecule has 0 saturated heterocycles. The lowest BCUT2D eigenvalue weighted by Crippen LogP contribution is -2.44. The van der Waals surface area contributed by atoms with Crippen LogP contribution in [0.5, 0.6) is 11.5 Å². The van der Waals surface area contributed by atoms with E-state index in [1.807, 2.05) is 42.5 Å². The van der Waals surface area contributed by atoms with Gasteiger partial charge in [0.05, 0.1) is 26.4 Å². The zero-order valence-corrected chi connectivity index (χ0v) is 14.6. The van der Waals surface area contributed by atoms with Crippen molar-refractivity contribution in [2.45, 2.75) is 6.17 Å². The van der Waals surface area contributed by atoms with Crippen LogP contribution in [0.3, 0.4) is 0 Å². The molecule has 1 amide bonds. The van der Waals surface area contributed by atoms with Crippen LogP contribution in [-0.2, 0) is 4.74 Å². The van der Waals surface area contributed by atoms with E-state index in [4.69, 9.17) is 14.2 Å². The Hall–Kier alpha value is -2.73. The topological polar surface area (TPSA) is 60.0 Å². The van der Waals surface area contributed by atoms with Crippen LogP contribution in [0.4, 0.5) is 5.69 Å². The van der Waals surface area contributed by atoms with E-state index in [0.717, 1.165) is 11.3 Å². The highest BCUT2D eigenvalue weighted by Gasteiger charge is 2.34. The highest BCUT2D eigenvalue weighted by molar-refractivity contribution is 6.01. The SMILES string of the molecule is COCCN1C(=O)c2ccccc2N[C@H]1c1ccc(OC)cc1OC. The molecule has 0 radical (unpaired) electrons. The molecule has 1 atom stereocenters. The number of carbonyl (C=O) groups excluding carboxylic acids is 1. The molecule has 132 valence electrons. The smallest absolute Gasteiger partial charge is 0.257 e. The Morgan fingerprint density at radius 2 is 1.88 bits per heavy atom. The minimum atomic E-state index is -0.349. The monoisotopic (exact) mass is 342 g/mol.